The highest BCUT2D eigenvalue weighted by molar-refractivity contribution is 6.05. The van der Waals surface area contributed by atoms with Gasteiger partial charge in [-0.05, 0) is 62.5 Å². The van der Waals surface area contributed by atoms with Crippen molar-refractivity contribution in [3.05, 3.63) is 71.6 Å². The Hall–Kier alpha value is -3.19. The monoisotopic (exact) mass is 405 g/mol. The number of para-hydroxylation sites is 1. The van der Waals surface area contributed by atoms with Crippen LogP contribution in [-0.2, 0) is 10.3 Å². The van der Waals surface area contributed by atoms with E-state index >= 15 is 0 Å². The first kappa shape index (κ1) is 20.1. The van der Waals surface area contributed by atoms with Gasteiger partial charge in [-0.15, -0.1) is 0 Å². The molecule has 0 radical (unpaired) electrons. The number of hydrogen-bond acceptors (Lipinski definition) is 6. The van der Waals surface area contributed by atoms with Crippen LogP contribution in [0.15, 0.2) is 65.5 Å². The minimum Gasteiger partial charge on any atom is -0.508 e. The number of rotatable bonds is 6. The molecule has 0 saturated carbocycles. The standard InChI is InChI=1S/C23H27N5O2/c1-23(20-7-2-3-8-21(20)26-22(23)30)25-14-18(27-24)15-28-11-9-16(10-12-28)17-5-4-6-19(29)13-17/h2-8,13-14,16,24-25,29H,9-12,15H2,1H3,(H,26,30)/b18-14-,27-24?. The fourth-order valence-corrected chi connectivity index (χ4v) is 4.31. The quantitative estimate of drug-likeness (QED) is 0.548. The predicted molar refractivity (Wildman–Crippen MR) is 115 cm³/mol. The largest absolute Gasteiger partial charge is 0.508 e. The van der Waals surface area contributed by atoms with Gasteiger partial charge in [-0.3, -0.25) is 9.69 Å². The number of carbonyl (C=O) groups is 1. The maximum Gasteiger partial charge on any atom is 0.254 e. The summed E-state index contributed by atoms with van der Waals surface area (Å²) in [4.78, 5) is 14.8. The van der Waals surface area contributed by atoms with Gasteiger partial charge in [0.2, 0.25) is 0 Å². The third-order valence-corrected chi connectivity index (χ3v) is 6.15. The average molecular weight is 406 g/mol. The minimum atomic E-state index is -0.880. The number of phenols is 1. The van der Waals surface area contributed by atoms with Crippen LogP contribution in [0, 0.1) is 5.53 Å². The van der Waals surface area contributed by atoms with E-state index in [4.69, 9.17) is 5.53 Å². The molecular formula is C23H27N5O2. The third kappa shape index (κ3) is 3.93. The second-order valence-corrected chi connectivity index (χ2v) is 8.16. The first-order valence-corrected chi connectivity index (χ1v) is 10.3. The molecule has 0 spiro atoms. The molecule has 1 fully saturated rings. The highest BCUT2D eigenvalue weighted by Gasteiger charge is 2.41. The van der Waals surface area contributed by atoms with Crippen molar-refractivity contribution in [1.82, 2.24) is 10.2 Å². The molecule has 0 aliphatic carbocycles. The van der Waals surface area contributed by atoms with Crippen LogP contribution < -0.4 is 10.6 Å². The van der Waals surface area contributed by atoms with Gasteiger partial charge in [-0.1, -0.05) is 30.3 Å². The summed E-state index contributed by atoms with van der Waals surface area (Å²) in [6, 6.07) is 15.1. The van der Waals surface area contributed by atoms with Gasteiger partial charge >= 0.3 is 0 Å². The summed E-state index contributed by atoms with van der Waals surface area (Å²) in [5.74, 6) is 0.630. The van der Waals surface area contributed by atoms with Crippen molar-refractivity contribution in [2.24, 2.45) is 5.11 Å². The van der Waals surface area contributed by atoms with Crippen molar-refractivity contribution in [2.75, 3.05) is 25.0 Å². The number of likely N-dealkylation sites (tertiary alicyclic amines) is 1. The Balaban J connectivity index is 1.38. The van der Waals surface area contributed by atoms with Crippen LogP contribution in [0.2, 0.25) is 0 Å². The van der Waals surface area contributed by atoms with E-state index in [1.165, 1.54) is 5.56 Å². The number of amides is 1. The van der Waals surface area contributed by atoms with E-state index in [0.29, 0.717) is 23.9 Å². The van der Waals surface area contributed by atoms with Crippen LogP contribution in [0.3, 0.4) is 0 Å². The molecule has 30 heavy (non-hydrogen) atoms. The number of aromatic hydroxyl groups is 1. The Morgan fingerprint density at radius 2 is 2.07 bits per heavy atom. The smallest absolute Gasteiger partial charge is 0.254 e. The zero-order valence-electron chi connectivity index (χ0n) is 17.1. The van der Waals surface area contributed by atoms with E-state index < -0.39 is 5.54 Å². The molecule has 1 saturated heterocycles. The Kier molecular flexibility index (Phi) is 5.55. The minimum absolute atomic E-state index is 0.115. The number of fused-ring (bicyclic) bond motifs is 1. The Bertz CT molecular complexity index is 981. The normalized spacial score (nSPS) is 22.4. The second-order valence-electron chi connectivity index (χ2n) is 8.16. The number of piperidine rings is 1. The van der Waals surface area contributed by atoms with Crippen LogP contribution in [0.1, 0.15) is 36.8 Å². The summed E-state index contributed by atoms with van der Waals surface area (Å²) in [5, 5.41) is 19.5. The molecule has 4 N–H and O–H groups in total. The van der Waals surface area contributed by atoms with Gasteiger partial charge in [0.05, 0.1) is 5.70 Å². The average Bonchev–Trinajstić information content (AvgIpc) is 3.02. The molecule has 2 aromatic rings. The summed E-state index contributed by atoms with van der Waals surface area (Å²) in [6.07, 6.45) is 3.68. The van der Waals surface area contributed by atoms with E-state index in [-0.39, 0.29) is 5.91 Å². The number of nitrogens with zero attached hydrogens (tertiary/aromatic N) is 2. The molecule has 156 valence electrons. The van der Waals surface area contributed by atoms with Gasteiger partial charge in [0, 0.05) is 24.0 Å². The number of phenolic OH excluding ortho intramolecular Hbond substituents is 1. The van der Waals surface area contributed by atoms with E-state index in [0.717, 1.165) is 37.2 Å². The van der Waals surface area contributed by atoms with Crippen molar-refractivity contribution in [3.63, 3.8) is 0 Å². The van der Waals surface area contributed by atoms with Crippen molar-refractivity contribution >= 4 is 11.6 Å². The molecule has 2 heterocycles. The molecular weight excluding hydrogens is 378 g/mol. The van der Waals surface area contributed by atoms with E-state index in [2.05, 4.69) is 26.7 Å². The molecule has 7 nitrogen and oxygen atoms in total. The molecule has 0 aromatic heterocycles. The molecule has 7 heteroatoms. The second kappa shape index (κ2) is 8.28. The van der Waals surface area contributed by atoms with E-state index in [1.807, 2.05) is 43.3 Å². The fraction of sp³-hybridized carbons (Fsp3) is 0.348. The zero-order valence-corrected chi connectivity index (χ0v) is 17.1. The van der Waals surface area contributed by atoms with E-state index in [1.54, 1.807) is 12.3 Å². The number of nitrogens with one attached hydrogen (secondary N) is 3. The molecule has 1 amide bonds. The lowest BCUT2D eigenvalue weighted by Gasteiger charge is -2.32. The number of anilines is 1. The summed E-state index contributed by atoms with van der Waals surface area (Å²) >= 11 is 0. The summed E-state index contributed by atoms with van der Waals surface area (Å²) in [6.45, 7) is 4.19. The van der Waals surface area contributed by atoms with E-state index in [9.17, 15) is 9.90 Å². The fourth-order valence-electron chi connectivity index (χ4n) is 4.31. The molecule has 0 bridgehead atoms. The molecule has 1 atom stereocenters. The van der Waals surface area contributed by atoms with Gasteiger partial charge in [-0.25, -0.2) is 5.53 Å². The summed E-state index contributed by atoms with van der Waals surface area (Å²) in [7, 11) is 0. The van der Waals surface area contributed by atoms with Crippen molar-refractivity contribution in [1.29, 1.82) is 5.53 Å². The predicted octanol–water partition coefficient (Wildman–Crippen LogP) is 3.90. The number of benzene rings is 2. The Morgan fingerprint density at radius 1 is 1.30 bits per heavy atom. The van der Waals surface area contributed by atoms with Crippen molar-refractivity contribution in [2.45, 2.75) is 31.2 Å². The summed E-state index contributed by atoms with van der Waals surface area (Å²) in [5.41, 5.74) is 10.2. The third-order valence-electron chi connectivity index (χ3n) is 6.15. The molecule has 2 aliphatic heterocycles. The maximum atomic E-state index is 12.5. The van der Waals surface area contributed by atoms with Gasteiger partial charge in [0.25, 0.3) is 5.91 Å². The lowest BCUT2D eigenvalue weighted by atomic mass is 9.89. The van der Waals surface area contributed by atoms with Crippen LogP contribution in [0.4, 0.5) is 5.69 Å². The number of carbonyl (C=O) groups excluding carboxylic acids is 1. The lowest BCUT2D eigenvalue weighted by molar-refractivity contribution is -0.121. The topological polar surface area (TPSA) is 101 Å². The SMILES string of the molecule is CC1(N/C=C(/CN2CCC(c3cccc(O)c3)CC2)N=N)C(=O)Nc2ccccc21. The Morgan fingerprint density at radius 3 is 2.80 bits per heavy atom. The highest BCUT2D eigenvalue weighted by atomic mass is 16.3. The van der Waals surface area contributed by atoms with Crippen LogP contribution in [-0.4, -0.2) is 35.5 Å². The molecule has 1 unspecified atom stereocenters. The Labute approximate surface area is 176 Å². The highest BCUT2D eigenvalue weighted by Crippen LogP contribution is 2.35. The zero-order chi connectivity index (χ0) is 21.1. The van der Waals surface area contributed by atoms with Gasteiger partial charge < -0.3 is 15.7 Å². The first-order valence-electron chi connectivity index (χ1n) is 10.3. The number of hydrogen-bond donors (Lipinski definition) is 4. The van der Waals surface area contributed by atoms with Crippen LogP contribution >= 0.6 is 0 Å². The summed E-state index contributed by atoms with van der Waals surface area (Å²) < 4.78 is 0. The van der Waals surface area contributed by atoms with Crippen molar-refractivity contribution in [3.8, 4) is 5.75 Å². The maximum absolute atomic E-state index is 12.5. The van der Waals surface area contributed by atoms with Crippen molar-refractivity contribution < 1.29 is 9.90 Å². The van der Waals surface area contributed by atoms with Gasteiger partial charge in [0.1, 0.15) is 11.3 Å². The molecule has 2 aliphatic rings. The van der Waals surface area contributed by atoms with Gasteiger partial charge in [-0.2, -0.15) is 5.11 Å². The van der Waals surface area contributed by atoms with Crippen LogP contribution in [0.25, 0.3) is 0 Å². The first-order chi connectivity index (χ1) is 14.5. The lowest BCUT2D eigenvalue weighted by Crippen LogP contribution is -2.43. The molecule has 4 rings (SSSR count). The van der Waals surface area contributed by atoms with Crippen LogP contribution in [0.5, 0.6) is 5.75 Å². The van der Waals surface area contributed by atoms with Gasteiger partial charge in [0.15, 0.2) is 0 Å². The molecule has 2 aromatic carbocycles.